The first kappa shape index (κ1) is 11.7. The minimum Gasteiger partial charge on any atom is -0.326 e. The average Bonchev–Trinajstić information content (AvgIpc) is 2.90. The van der Waals surface area contributed by atoms with Crippen molar-refractivity contribution in [3.05, 3.63) is 78.5 Å². The Labute approximate surface area is 111 Å². The van der Waals surface area contributed by atoms with Gasteiger partial charge in [-0.2, -0.15) is 0 Å². The average molecular weight is 252 g/mol. The van der Waals surface area contributed by atoms with Crippen molar-refractivity contribution in [3.63, 3.8) is 0 Å². The molecule has 94 valence electrons. The maximum Gasteiger partial charge on any atom is 0.123 e. The van der Waals surface area contributed by atoms with Gasteiger partial charge in [-0.25, -0.2) is 9.37 Å². The molecule has 19 heavy (non-hydrogen) atoms. The van der Waals surface area contributed by atoms with Crippen LogP contribution in [0.2, 0.25) is 0 Å². The van der Waals surface area contributed by atoms with Crippen LogP contribution in [0.25, 0.3) is 11.3 Å². The van der Waals surface area contributed by atoms with Gasteiger partial charge < -0.3 is 4.57 Å². The Bertz CT molecular complexity index is 657. The van der Waals surface area contributed by atoms with Crippen molar-refractivity contribution in [1.29, 1.82) is 0 Å². The van der Waals surface area contributed by atoms with E-state index in [0.717, 1.165) is 16.8 Å². The topological polar surface area (TPSA) is 17.8 Å². The molecule has 1 aromatic heterocycles. The highest BCUT2D eigenvalue weighted by molar-refractivity contribution is 5.58. The quantitative estimate of drug-likeness (QED) is 0.694. The summed E-state index contributed by atoms with van der Waals surface area (Å²) < 4.78 is 14.9. The van der Waals surface area contributed by atoms with Gasteiger partial charge in [0.15, 0.2) is 0 Å². The fourth-order valence-corrected chi connectivity index (χ4v) is 2.08. The smallest absolute Gasteiger partial charge is 0.123 e. The SMILES string of the molecule is Fc1ccc(Cn2cncc2-c2ccccc2)cc1. The van der Waals surface area contributed by atoms with E-state index >= 15 is 0 Å². The molecule has 0 amide bonds. The summed E-state index contributed by atoms with van der Waals surface area (Å²) in [6.45, 7) is 0.685. The highest BCUT2D eigenvalue weighted by Crippen LogP contribution is 2.19. The van der Waals surface area contributed by atoms with Crippen LogP contribution in [0.15, 0.2) is 67.1 Å². The van der Waals surface area contributed by atoms with Gasteiger partial charge in [0.1, 0.15) is 5.82 Å². The largest absolute Gasteiger partial charge is 0.326 e. The zero-order valence-corrected chi connectivity index (χ0v) is 10.3. The molecule has 0 spiro atoms. The predicted octanol–water partition coefficient (Wildman–Crippen LogP) is 3.74. The van der Waals surface area contributed by atoms with Crippen molar-refractivity contribution >= 4 is 0 Å². The lowest BCUT2D eigenvalue weighted by molar-refractivity contribution is 0.626. The Kier molecular flexibility index (Phi) is 3.11. The van der Waals surface area contributed by atoms with Crippen LogP contribution in [0.3, 0.4) is 0 Å². The van der Waals surface area contributed by atoms with E-state index in [0.29, 0.717) is 6.54 Å². The molecule has 0 saturated carbocycles. The summed E-state index contributed by atoms with van der Waals surface area (Å²) in [5.74, 6) is -0.210. The molecule has 0 saturated heterocycles. The lowest BCUT2D eigenvalue weighted by Crippen LogP contribution is -2.00. The summed E-state index contributed by atoms with van der Waals surface area (Å²) in [5, 5.41) is 0. The van der Waals surface area contributed by atoms with Crippen molar-refractivity contribution in [3.8, 4) is 11.3 Å². The van der Waals surface area contributed by atoms with Crippen LogP contribution in [0.4, 0.5) is 4.39 Å². The van der Waals surface area contributed by atoms with Crippen molar-refractivity contribution in [2.24, 2.45) is 0 Å². The van der Waals surface area contributed by atoms with Gasteiger partial charge in [-0.1, -0.05) is 42.5 Å². The highest BCUT2D eigenvalue weighted by atomic mass is 19.1. The molecular weight excluding hydrogens is 239 g/mol. The first-order chi connectivity index (χ1) is 9.33. The van der Waals surface area contributed by atoms with Crippen LogP contribution in [-0.2, 0) is 6.54 Å². The Morgan fingerprint density at radius 3 is 2.42 bits per heavy atom. The molecule has 1 heterocycles. The fourth-order valence-electron chi connectivity index (χ4n) is 2.08. The van der Waals surface area contributed by atoms with Crippen LogP contribution in [0.1, 0.15) is 5.56 Å². The van der Waals surface area contributed by atoms with Gasteiger partial charge in [-0.3, -0.25) is 0 Å². The van der Waals surface area contributed by atoms with E-state index in [1.165, 1.54) is 12.1 Å². The van der Waals surface area contributed by atoms with Gasteiger partial charge in [-0.15, -0.1) is 0 Å². The number of rotatable bonds is 3. The number of nitrogens with zero attached hydrogens (tertiary/aromatic N) is 2. The summed E-state index contributed by atoms with van der Waals surface area (Å²) in [6, 6.07) is 16.7. The molecule has 0 fully saturated rings. The minimum atomic E-state index is -0.210. The molecule has 0 radical (unpaired) electrons. The Morgan fingerprint density at radius 2 is 1.68 bits per heavy atom. The summed E-state index contributed by atoms with van der Waals surface area (Å²) in [5.41, 5.74) is 3.24. The Hall–Kier alpha value is -2.42. The van der Waals surface area contributed by atoms with E-state index in [4.69, 9.17) is 0 Å². The van der Waals surface area contributed by atoms with Crippen molar-refractivity contribution in [2.75, 3.05) is 0 Å². The lowest BCUT2D eigenvalue weighted by atomic mass is 10.1. The number of halogens is 1. The first-order valence-corrected chi connectivity index (χ1v) is 6.13. The van der Waals surface area contributed by atoms with Gasteiger partial charge >= 0.3 is 0 Å². The maximum atomic E-state index is 12.9. The van der Waals surface area contributed by atoms with Gasteiger partial charge in [0.2, 0.25) is 0 Å². The fraction of sp³-hybridized carbons (Fsp3) is 0.0625. The molecule has 0 aliphatic rings. The second-order valence-electron chi connectivity index (χ2n) is 4.40. The molecule has 2 aromatic carbocycles. The normalized spacial score (nSPS) is 10.6. The summed E-state index contributed by atoms with van der Waals surface area (Å²) >= 11 is 0. The molecule has 0 aliphatic heterocycles. The number of aromatic nitrogens is 2. The van der Waals surface area contributed by atoms with Crippen molar-refractivity contribution in [2.45, 2.75) is 6.54 Å². The Morgan fingerprint density at radius 1 is 0.947 bits per heavy atom. The number of benzene rings is 2. The van der Waals surface area contributed by atoms with Gasteiger partial charge in [-0.05, 0) is 23.3 Å². The lowest BCUT2D eigenvalue weighted by Gasteiger charge is -2.08. The zero-order valence-electron chi connectivity index (χ0n) is 10.3. The molecule has 0 aliphatic carbocycles. The van der Waals surface area contributed by atoms with Crippen molar-refractivity contribution < 1.29 is 4.39 Å². The van der Waals surface area contributed by atoms with Gasteiger partial charge in [0, 0.05) is 6.54 Å². The van der Waals surface area contributed by atoms with E-state index in [-0.39, 0.29) is 5.82 Å². The summed E-state index contributed by atoms with van der Waals surface area (Å²) in [6.07, 6.45) is 3.64. The molecule has 3 heteroatoms. The van der Waals surface area contributed by atoms with E-state index < -0.39 is 0 Å². The molecule has 2 nitrogen and oxygen atoms in total. The van der Waals surface area contributed by atoms with E-state index in [1.807, 2.05) is 24.4 Å². The molecule has 3 rings (SSSR count). The van der Waals surface area contributed by atoms with Crippen LogP contribution in [-0.4, -0.2) is 9.55 Å². The third kappa shape index (κ3) is 2.55. The second kappa shape index (κ2) is 5.06. The van der Waals surface area contributed by atoms with E-state index in [2.05, 4.69) is 21.7 Å². The predicted molar refractivity (Wildman–Crippen MR) is 73.2 cm³/mol. The van der Waals surface area contributed by atoms with Gasteiger partial charge in [0.05, 0.1) is 18.2 Å². The maximum absolute atomic E-state index is 12.9. The standard InChI is InChI=1S/C16H13FN2/c17-15-8-6-13(7-9-15)11-19-12-18-10-16(19)14-4-2-1-3-5-14/h1-10,12H,11H2. The monoisotopic (exact) mass is 252 g/mol. The number of imidazole rings is 1. The molecular formula is C16H13FN2. The summed E-state index contributed by atoms with van der Waals surface area (Å²) in [7, 11) is 0. The second-order valence-corrected chi connectivity index (χ2v) is 4.40. The third-order valence-corrected chi connectivity index (χ3v) is 3.05. The zero-order chi connectivity index (χ0) is 13.1. The number of hydrogen-bond acceptors (Lipinski definition) is 1. The van der Waals surface area contributed by atoms with Crippen LogP contribution in [0, 0.1) is 5.82 Å². The minimum absolute atomic E-state index is 0.210. The van der Waals surface area contributed by atoms with E-state index in [9.17, 15) is 4.39 Å². The molecule has 0 unspecified atom stereocenters. The van der Waals surface area contributed by atoms with Crippen LogP contribution < -0.4 is 0 Å². The van der Waals surface area contributed by atoms with Crippen LogP contribution >= 0.6 is 0 Å². The van der Waals surface area contributed by atoms with Crippen molar-refractivity contribution in [1.82, 2.24) is 9.55 Å². The third-order valence-electron chi connectivity index (χ3n) is 3.05. The first-order valence-electron chi connectivity index (χ1n) is 6.13. The molecule has 0 bridgehead atoms. The number of hydrogen-bond donors (Lipinski definition) is 0. The highest BCUT2D eigenvalue weighted by Gasteiger charge is 2.05. The molecule has 3 aromatic rings. The summed E-state index contributed by atoms with van der Waals surface area (Å²) in [4.78, 5) is 4.20. The van der Waals surface area contributed by atoms with E-state index in [1.54, 1.807) is 18.5 Å². The van der Waals surface area contributed by atoms with Crippen LogP contribution in [0.5, 0.6) is 0 Å². The molecule has 0 N–H and O–H groups in total. The van der Waals surface area contributed by atoms with Gasteiger partial charge in [0.25, 0.3) is 0 Å². The molecule has 0 atom stereocenters. The Balaban J connectivity index is 1.91.